The number of nitrogen functional groups attached to an aromatic ring is 1. The summed E-state index contributed by atoms with van der Waals surface area (Å²) in [6, 6.07) is 8.31. The number of thiazole rings is 1. The third-order valence-electron chi connectivity index (χ3n) is 4.41. The van der Waals surface area contributed by atoms with Crippen LogP contribution in [0.2, 0.25) is 0 Å². The molecule has 2 aromatic heterocycles. The van der Waals surface area contributed by atoms with Crippen molar-refractivity contribution in [3.63, 3.8) is 0 Å². The Balaban J connectivity index is 0.000000415. The van der Waals surface area contributed by atoms with Crippen molar-refractivity contribution >= 4 is 37.9 Å². The minimum absolute atomic E-state index is 0.819. The first kappa shape index (κ1) is 18.3. The lowest BCUT2D eigenvalue weighted by Crippen LogP contribution is -2.29. The number of aromatic nitrogens is 1. The molecule has 1 aromatic carbocycles. The summed E-state index contributed by atoms with van der Waals surface area (Å²) in [5.41, 5.74) is 10.0. The van der Waals surface area contributed by atoms with Gasteiger partial charge in [-0.05, 0) is 37.6 Å². The predicted molar refractivity (Wildman–Crippen MR) is 110 cm³/mol. The van der Waals surface area contributed by atoms with Crippen LogP contribution < -0.4 is 5.73 Å². The standard InChI is InChI=1S/C16H17N3S2.C3H8O/c1-2-19-8-7-10-13(9-19)20-15(17)14(10)16-18-11-5-3-4-6-12(11)21-16;1-3-4-2/h3-6H,2,7-9,17H2,1H3;3H2,1-2H3. The number of thiophene rings is 1. The van der Waals surface area contributed by atoms with E-state index in [1.54, 1.807) is 29.8 Å². The molecule has 0 spiro atoms. The van der Waals surface area contributed by atoms with Gasteiger partial charge in [0.05, 0.1) is 15.2 Å². The van der Waals surface area contributed by atoms with Gasteiger partial charge in [-0.1, -0.05) is 19.1 Å². The molecule has 0 saturated heterocycles. The van der Waals surface area contributed by atoms with E-state index in [0.29, 0.717) is 0 Å². The third kappa shape index (κ3) is 3.87. The first-order chi connectivity index (χ1) is 12.2. The molecular weight excluding hydrogens is 350 g/mol. The van der Waals surface area contributed by atoms with Gasteiger partial charge in [-0.3, -0.25) is 4.90 Å². The number of rotatable bonds is 3. The van der Waals surface area contributed by atoms with E-state index in [2.05, 4.69) is 34.8 Å². The maximum Gasteiger partial charge on any atom is 0.127 e. The largest absolute Gasteiger partial charge is 0.390 e. The van der Waals surface area contributed by atoms with Gasteiger partial charge in [0.1, 0.15) is 5.01 Å². The highest BCUT2D eigenvalue weighted by molar-refractivity contribution is 7.22. The van der Waals surface area contributed by atoms with Gasteiger partial charge in [0.2, 0.25) is 0 Å². The molecule has 3 aromatic rings. The number of para-hydroxylation sites is 1. The maximum atomic E-state index is 6.33. The summed E-state index contributed by atoms with van der Waals surface area (Å²) in [5.74, 6) is 0. The van der Waals surface area contributed by atoms with Gasteiger partial charge >= 0.3 is 0 Å². The number of fused-ring (bicyclic) bond motifs is 2. The Morgan fingerprint density at radius 1 is 1.24 bits per heavy atom. The quantitative estimate of drug-likeness (QED) is 0.725. The summed E-state index contributed by atoms with van der Waals surface area (Å²) in [6.07, 6.45) is 1.09. The summed E-state index contributed by atoms with van der Waals surface area (Å²) in [7, 11) is 1.68. The Morgan fingerprint density at radius 3 is 2.68 bits per heavy atom. The van der Waals surface area contributed by atoms with E-state index in [9.17, 15) is 0 Å². The molecule has 4 rings (SSSR count). The lowest BCUT2D eigenvalue weighted by Gasteiger charge is -2.25. The van der Waals surface area contributed by atoms with Crippen LogP contribution in [0.25, 0.3) is 20.8 Å². The summed E-state index contributed by atoms with van der Waals surface area (Å²) in [5, 5.41) is 2.01. The monoisotopic (exact) mass is 375 g/mol. The van der Waals surface area contributed by atoms with Crippen molar-refractivity contribution < 1.29 is 4.74 Å². The lowest BCUT2D eigenvalue weighted by atomic mass is 10.0. The van der Waals surface area contributed by atoms with Crippen molar-refractivity contribution in [1.29, 1.82) is 0 Å². The van der Waals surface area contributed by atoms with Gasteiger partial charge in [0.15, 0.2) is 0 Å². The molecule has 1 aliphatic heterocycles. The van der Waals surface area contributed by atoms with Gasteiger partial charge in [-0.25, -0.2) is 4.98 Å². The molecule has 0 amide bonds. The predicted octanol–water partition coefficient (Wildman–Crippen LogP) is 4.64. The molecule has 0 fully saturated rings. The molecule has 0 atom stereocenters. The first-order valence-corrected chi connectivity index (χ1v) is 10.3. The Bertz CT molecular complexity index is 805. The Kier molecular flexibility index (Phi) is 6.06. The molecule has 3 heterocycles. The van der Waals surface area contributed by atoms with Crippen molar-refractivity contribution in [2.75, 3.05) is 32.5 Å². The highest BCUT2D eigenvalue weighted by atomic mass is 32.1. The van der Waals surface area contributed by atoms with Crippen molar-refractivity contribution in [2.24, 2.45) is 0 Å². The van der Waals surface area contributed by atoms with Gasteiger partial charge in [0, 0.05) is 37.2 Å². The van der Waals surface area contributed by atoms with Crippen LogP contribution in [-0.4, -0.2) is 36.7 Å². The van der Waals surface area contributed by atoms with E-state index in [1.807, 2.05) is 13.0 Å². The van der Waals surface area contributed by atoms with Crippen LogP contribution in [0.5, 0.6) is 0 Å². The average molecular weight is 376 g/mol. The van der Waals surface area contributed by atoms with E-state index in [0.717, 1.165) is 48.2 Å². The number of anilines is 1. The van der Waals surface area contributed by atoms with Crippen LogP contribution in [0.3, 0.4) is 0 Å². The SMILES string of the molecule is CCN1CCc2c(sc(N)c2-c2nc3ccccc3s2)C1.CCOC. The van der Waals surface area contributed by atoms with Crippen LogP contribution in [0.1, 0.15) is 24.3 Å². The molecular formula is C19H25N3OS2. The molecule has 0 unspecified atom stereocenters. The summed E-state index contributed by atoms with van der Waals surface area (Å²) >= 11 is 3.49. The molecule has 0 aliphatic carbocycles. The van der Waals surface area contributed by atoms with Crippen LogP contribution in [-0.2, 0) is 17.7 Å². The molecule has 1 aliphatic rings. The fourth-order valence-electron chi connectivity index (χ4n) is 2.96. The maximum absolute atomic E-state index is 6.33. The number of ether oxygens (including phenoxy) is 1. The molecule has 2 N–H and O–H groups in total. The topological polar surface area (TPSA) is 51.4 Å². The lowest BCUT2D eigenvalue weighted by molar-refractivity contribution is 0.215. The Labute approximate surface area is 157 Å². The molecule has 4 nitrogen and oxygen atoms in total. The third-order valence-corrected chi connectivity index (χ3v) is 6.51. The van der Waals surface area contributed by atoms with E-state index < -0.39 is 0 Å². The second-order valence-corrected chi connectivity index (χ2v) is 8.09. The summed E-state index contributed by atoms with van der Waals surface area (Å²) in [6.45, 7) is 8.26. The minimum Gasteiger partial charge on any atom is -0.390 e. The highest BCUT2D eigenvalue weighted by Crippen LogP contribution is 2.43. The zero-order valence-corrected chi connectivity index (χ0v) is 16.7. The van der Waals surface area contributed by atoms with Crippen molar-refractivity contribution in [2.45, 2.75) is 26.8 Å². The highest BCUT2D eigenvalue weighted by Gasteiger charge is 2.25. The van der Waals surface area contributed by atoms with Crippen LogP contribution in [0.15, 0.2) is 24.3 Å². The van der Waals surface area contributed by atoms with Gasteiger partial charge in [-0.2, -0.15) is 0 Å². The second-order valence-electron chi connectivity index (χ2n) is 5.93. The Hall–Kier alpha value is -1.47. The number of benzene rings is 1. The second kappa shape index (κ2) is 8.27. The van der Waals surface area contributed by atoms with Gasteiger partial charge < -0.3 is 10.5 Å². The molecule has 0 saturated carbocycles. The van der Waals surface area contributed by atoms with E-state index in [-0.39, 0.29) is 0 Å². The number of methoxy groups -OCH3 is 1. The van der Waals surface area contributed by atoms with Crippen molar-refractivity contribution in [1.82, 2.24) is 9.88 Å². The van der Waals surface area contributed by atoms with Gasteiger partial charge in [0.25, 0.3) is 0 Å². The fraction of sp³-hybridized carbons (Fsp3) is 0.421. The first-order valence-electron chi connectivity index (χ1n) is 8.65. The van der Waals surface area contributed by atoms with E-state index >= 15 is 0 Å². The average Bonchev–Trinajstić information content (AvgIpc) is 3.20. The van der Waals surface area contributed by atoms with E-state index in [1.165, 1.54) is 20.7 Å². The van der Waals surface area contributed by atoms with Crippen molar-refractivity contribution in [3.8, 4) is 10.6 Å². The number of hydrogen-bond donors (Lipinski definition) is 1. The van der Waals surface area contributed by atoms with E-state index in [4.69, 9.17) is 10.7 Å². The Morgan fingerprint density at radius 2 is 2.00 bits per heavy atom. The number of nitrogens with zero attached hydrogens (tertiary/aromatic N) is 2. The minimum atomic E-state index is 0.819. The van der Waals surface area contributed by atoms with Crippen LogP contribution >= 0.6 is 22.7 Å². The zero-order valence-electron chi connectivity index (χ0n) is 15.0. The molecule has 134 valence electrons. The number of hydrogen-bond acceptors (Lipinski definition) is 6. The fourth-order valence-corrected chi connectivity index (χ4v) is 5.24. The van der Waals surface area contributed by atoms with Gasteiger partial charge in [-0.15, -0.1) is 22.7 Å². The summed E-state index contributed by atoms with van der Waals surface area (Å²) < 4.78 is 5.78. The molecule has 0 bridgehead atoms. The normalized spacial score (nSPS) is 14.2. The zero-order chi connectivity index (χ0) is 17.8. The van der Waals surface area contributed by atoms with Crippen LogP contribution in [0.4, 0.5) is 5.00 Å². The molecule has 25 heavy (non-hydrogen) atoms. The smallest absolute Gasteiger partial charge is 0.127 e. The molecule has 6 heteroatoms. The number of likely N-dealkylation sites (N-methyl/N-ethyl adjacent to an activating group) is 1. The van der Waals surface area contributed by atoms with Crippen LogP contribution in [0, 0.1) is 0 Å². The number of nitrogens with two attached hydrogens (primary N) is 1. The summed E-state index contributed by atoms with van der Waals surface area (Å²) in [4.78, 5) is 8.69. The molecule has 0 radical (unpaired) electrons. The van der Waals surface area contributed by atoms with Crippen molar-refractivity contribution in [3.05, 3.63) is 34.7 Å².